The van der Waals surface area contributed by atoms with E-state index in [2.05, 4.69) is 5.32 Å². The van der Waals surface area contributed by atoms with E-state index in [-0.39, 0.29) is 29.7 Å². The Morgan fingerprint density at radius 2 is 1.93 bits per heavy atom. The first-order valence-electron chi connectivity index (χ1n) is 9.60. The van der Waals surface area contributed by atoms with Gasteiger partial charge in [0.15, 0.2) is 0 Å². The molecule has 2 unspecified atom stereocenters. The van der Waals surface area contributed by atoms with Crippen molar-refractivity contribution < 1.29 is 19.1 Å². The van der Waals surface area contributed by atoms with Crippen molar-refractivity contribution in [2.45, 2.75) is 32.2 Å². The average Bonchev–Trinajstić information content (AvgIpc) is 2.73. The average molecular weight is 382 g/mol. The molecule has 0 radical (unpaired) electrons. The Morgan fingerprint density at radius 3 is 2.64 bits per heavy atom. The van der Waals surface area contributed by atoms with Crippen LogP contribution in [0.1, 0.15) is 35.2 Å². The second-order valence-corrected chi connectivity index (χ2v) is 7.30. The predicted molar refractivity (Wildman–Crippen MR) is 106 cm³/mol. The maximum absolute atomic E-state index is 12.9. The summed E-state index contributed by atoms with van der Waals surface area (Å²) >= 11 is 0. The molecule has 1 fully saturated rings. The first-order chi connectivity index (χ1) is 13.5. The van der Waals surface area contributed by atoms with Gasteiger partial charge in [0.2, 0.25) is 5.91 Å². The zero-order valence-corrected chi connectivity index (χ0v) is 16.3. The SMILES string of the molecule is COC(=O)C1CCCN(C(=O)C2=CC(NC(=O)c3ccc(C)cc3)C=CC2)C1. The molecule has 6 heteroatoms. The van der Waals surface area contributed by atoms with Gasteiger partial charge in [-0.05, 0) is 44.4 Å². The van der Waals surface area contributed by atoms with Gasteiger partial charge in [-0.1, -0.05) is 29.8 Å². The van der Waals surface area contributed by atoms with Crippen molar-refractivity contribution in [2.75, 3.05) is 20.2 Å². The van der Waals surface area contributed by atoms with Gasteiger partial charge in [0.1, 0.15) is 0 Å². The van der Waals surface area contributed by atoms with Gasteiger partial charge in [-0.15, -0.1) is 0 Å². The molecule has 6 nitrogen and oxygen atoms in total. The number of likely N-dealkylation sites (tertiary alicyclic amines) is 1. The van der Waals surface area contributed by atoms with Gasteiger partial charge in [-0.3, -0.25) is 14.4 Å². The lowest BCUT2D eigenvalue weighted by molar-refractivity contribution is -0.148. The lowest BCUT2D eigenvalue weighted by atomic mass is 9.95. The summed E-state index contributed by atoms with van der Waals surface area (Å²) in [6.45, 7) is 2.98. The van der Waals surface area contributed by atoms with Crippen LogP contribution >= 0.6 is 0 Å². The number of benzene rings is 1. The van der Waals surface area contributed by atoms with Crippen LogP contribution in [0.5, 0.6) is 0 Å². The van der Waals surface area contributed by atoms with Crippen LogP contribution in [-0.2, 0) is 14.3 Å². The van der Waals surface area contributed by atoms with Crippen LogP contribution in [0, 0.1) is 12.8 Å². The zero-order valence-electron chi connectivity index (χ0n) is 16.3. The van der Waals surface area contributed by atoms with Crippen molar-refractivity contribution in [3.8, 4) is 0 Å². The molecule has 2 aliphatic rings. The van der Waals surface area contributed by atoms with Gasteiger partial charge in [0.05, 0.1) is 19.1 Å². The van der Waals surface area contributed by atoms with Gasteiger partial charge in [-0.25, -0.2) is 0 Å². The Kier molecular flexibility index (Phi) is 6.29. The van der Waals surface area contributed by atoms with Gasteiger partial charge in [0.25, 0.3) is 5.91 Å². The highest BCUT2D eigenvalue weighted by molar-refractivity contribution is 5.96. The number of carbonyl (C=O) groups excluding carboxylic acids is 3. The number of hydrogen-bond acceptors (Lipinski definition) is 4. The molecule has 3 rings (SSSR count). The van der Waals surface area contributed by atoms with Crippen LogP contribution in [0.15, 0.2) is 48.1 Å². The van der Waals surface area contributed by atoms with E-state index in [1.165, 1.54) is 7.11 Å². The van der Waals surface area contributed by atoms with E-state index in [1.807, 2.05) is 31.2 Å². The Hall–Kier alpha value is -2.89. The van der Waals surface area contributed by atoms with Crippen LogP contribution in [0.4, 0.5) is 0 Å². The number of carbonyl (C=O) groups is 3. The topological polar surface area (TPSA) is 75.7 Å². The van der Waals surface area contributed by atoms with Crippen molar-refractivity contribution in [3.05, 3.63) is 59.2 Å². The quantitative estimate of drug-likeness (QED) is 0.641. The van der Waals surface area contributed by atoms with Crippen LogP contribution in [0.2, 0.25) is 0 Å². The third kappa shape index (κ3) is 4.68. The molecule has 148 valence electrons. The molecule has 1 aromatic rings. The number of allylic oxidation sites excluding steroid dienone is 1. The number of nitrogens with one attached hydrogen (secondary N) is 1. The Balaban J connectivity index is 1.64. The van der Waals surface area contributed by atoms with Gasteiger partial charge in [0, 0.05) is 24.2 Å². The van der Waals surface area contributed by atoms with E-state index in [1.54, 1.807) is 23.1 Å². The summed E-state index contributed by atoms with van der Waals surface area (Å²) in [4.78, 5) is 38.9. The standard InChI is InChI=1S/C22H26N2O4/c1-15-8-10-16(11-9-15)20(25)23-19-7-3-5-17(13-19)21(26)24-12-4-6-18(14-24)22(27)28-2/h3,7-11,13,18-19H,4-6,12,14H2,1-2H3,(H,23,25). The molecule has 1 aromatic carbocycles. The smallest absolute Gasteiger partial charge is 0.310 e. The summed E-state index contributed by atoms with van der Waals surface area (Å²) < 4.78 is 4.82. The second-order valence-electron chi connectivity index (χ2n) is 7.30. The molecule has 0 saturated carbocycles. The van der Waals surface area contributed by atoms with Crippen LogP contribution in [0.25, 0.3) is 0 Å². The van der Waals surface area contributed by atoms with Gasteiger partial charge in [-0.2, -0.15) is 0 Å². The fraction of sp³-hybridized carbons (Fsp3) is 0.409. The van der Waals surface area contributed by atoms with Crippen LogP contribution in [0.3, 0.4) is 0 Å². The zero-order chi connectivity index (χ0) is 20.1. The van der Waals surface area contributed by atoms with Gasteiger partial charge >= 0.3 is 5.97 Å². The summed E-state index contributed by atoms with van der Waals surface area (Å²) in [6, 6.07) is 7.03. The predicted octanol–water partition coefficient (Wildman–Crippen LogP) is 2.39. The summed E-state index contributed by atoms with van der Waals surface area (Å²) in [5, 5.41) is 2.93. The fourth-order valence-corrected chi connectivity index (χ4v) is 3.59. The summed E-state index contributed by atoms with van der Waals surface area (Å²) in [5.41, 5.74) is 2.32. The largest absolute Gasteiger partial charge is 0.469 e. The number of nitrogens with zero attached hydrogens (tertiary/aromatic N) is 1. The number of rotatable bonds is 4. The number of hydrogen-bond donors (Lipinski definition) is 1. The Labute approximate surface area is 165 Å². The number of methoxy groups -OCH3 is 1. The minimum Gasteiger partial charge on any atom is -0.469 e. The minimum absolute atomic E-state index is 0.0764. The molecule has 0 spiro atoms. The molecule has 28 heavy (non-hydrogen) atoms. The third-order valence-electron chi connectivity index (χ3n) is 5.19. The van der Waals surface area contributed by atoms with Gasteiger partial charge < -0.3 is 15.0 Å². The highest BCUT2D eigenvalue weighted by atomic mass is 16.5. The normalized spacial score (nSPS) is 21.6. The first-order valence-corrected chi connectivity index (χ1v) is 9.60. The lowest BCUT2D eigenvalue weighted by Gasteiger charge is -2.32. The minimum atomic E-state index is -0.331. The second kappa shape index (κ2) is 8.87. The molecule has 1 aliphatic carbocycles. The van der Waals surface area contributed by atoms with E-state index >= 15 is 0 Å². The van der Waals surface area contributed by atoms with E-state index in [4.69, 9.17) is 4.74 Å². The molecule has 1 heterocycles. The van der Waals surface area contributed by atoms with Crippen molar-refractivity contribution in [3.63, 3.8) is 0 Å². The molecule has 1 aliphatic heterocycles. The number of piperidine rings is 1. The summed E-state index contributed by atoms with van der Waals surface area (Å²) in [5.74, 6) is -0.784. The number of aryl methyl sites for hydroxylation is 1. The third-order valence-corrected chi connectivity index (χ3v) is 5.19. The molecule has 0 bridgehead atoms. The lowest BCUT2D eigenvalue weighted by Crippen LogP contribution is -2.44. The van der Waals surface area contributed by atoms with Crippen LogP contribution in [-0.4, -0.2) is 48.9 Å². The molecule has 0 aromatic heterocycles. The molecule has 2 amide bonds. The number of amides is 2. The number of ether oxygens (including phenoxy) is 1. The van der Waals surface area contributed by atoms with Crippen molar-refractivity contribution in [1.82, 2.24) is 10.2 Å². The Morgan fingerprint density at radius 1 is 1.18 bits per heavy atom. The highest BCUT2D eigenvalue weighted by Crippen LogP contribution is 2.22. The van der Waals surface area contributed by atoms with Crippen molar-refractivity contribution in [1.29, 1.82) is 0 Å². The first kappa shape index (κ1) is 19.9. The monoisotopic (exact) mass is 382 g/mol. The van der Waals surface area contributed by atoms with Crippen molar-refractivity contribution >= 4 is 17.8 Å². The molecule has 2 atom stereocenters. The van der Waals surface area contributed by atoms with E-state index in [9.17, 15) is 14.4 Å². The summed E-state index contributed by atoms with van der Waals surface area (Å²) in [6.07, 6.45) is 7.63. The Bertz CT molecular complexity index is 810. The highest BCUT2D eigenvalue weighted by Gasteiger charge is 2.30. The van der Waals surface area contributed by atoms with E-state index in [0.717, 1.165) is 18.4 Å². The van der Waals surface area contributed by atoms with E-state index < -0.39 is 0 Å². The molecular weight excluding hydrogens is 356 g/mol. The van der Waals surface area contributed by atoms with Crippen molar-refractivity contribution in [2.24, 2.45) is 5.92 Å². The van der Waals surface area contributed by atoms with Crippen LogP contribution < -0.4 is 5.32 Å². The summed E-state index contributed by atoms with van der Waals surface area (Å²) in [7, 11) is 1.37. The fourth-order valence-electron chi connectivity index (χ4n) is 3.59. The number of esters is 1. The van der Waals surface area contributed by atoms with E-state index in [0.29, 0.717) is 30.6 Å². The molecular formula is C22H26N2O4. The maximum atomic E-state index is 12.9. The molecule has 1 saturated heterocycles. The molecule has 1 N–H and O–H groups in total. The maximum Gasteiger partial charge on any atom is 0.310 e.